The summed E-state index contributed by atoms with van der Waals surface area (Å²) in [5, 5.41) is 2.76. The number of sulfonamides is 1. The topological polar surface area (TPSA) is 113 Å². The van der Waals surface area contributed by atoms with E-state index in [0.29, 0.717) is 34.2 Å². The van der Waals surface area contributed by atoms with Gasteiger partial charge in [0.05, 0.1) is 46.1 Å². The zero-order chi connectivity index (χ0) is 27.0. The molecule has 0 atom stereocenters. The molecule has 3 aromatic carbocycles. The number of nitrogens with one attached hydrogen (secondary N) is 1. The van der Waals surface area contributed by atoms with Gasteiger partial charge in [0.1, 0.15) is 6.54 Å². The third-order valence-electron chi connectivity index (χ3n) is 5.54. The van der Waals surface area contributed by atoms with Crippen molar-refractivity contribution < 1.29 is 36.9 Å². The molecule has 1 N–H and O–H groups in total. The third kappa shape index (κ3) is 6.00. The Balaban J connectivity index is 1.89. The average molecular weight is 531 g/mol. The molecule has 11 heteroatoms. The van der Waals surface area contributed by atoms with Crippen LogP contribution in [0.25, 0.3) is 0 Å². The van der Waals surface area contributed by atoms with Gasteiger partial charge in [0.15, 0.2) is 23.0 Å². The first kappa shape index (κ1) is 27.5. The van der Waals surface area contributed by atoms with Crippen LogP contribution in [-0.4, -0.2) is 56.4 Å². The molecular formula is C26H30N2O8S. The number of carbonyl (C=O) groups excluding carboxylic acids is 1. The third-order valence-corrected chi connectivity index (χ3v) is 7.31. The Morgan fingerprint density at radius 1 is 0.757 bits per heavy atom. The monoisotopic (exact) mass is 530 g/mol. The number of para-hydroxylation sites is 1. The molecule has 3 aromatic rings. The number of nitrogens with zero attached hydrogens (tertiary/aromatic N) is 1. The van der Waals surface area contributed by atoms with Crippen molar-refractivity contribution >= 4 is 21.6 Å². The molecule has 198 valence electrons. The Morgan fingerprint density at radius 3 is 1.97 bits per heavy atom. The maximum absolute atomic E-state index is 13.7. The smallest absolute Gasteiger partial charge is 0.264 e. The lowest BCUT2D eigenvalue weighted by atomic mass is 10.1. The van der Waals surface area contributed by atoms with Crippen LogP contribution in [0.4, 0.5) is 5.69 Å². The summed E-state index contributed by atoms with van der Waals surface area (Å²) in [5.74, 6) is 1.38. The summed E-state index contributed by atoms with van der Waals surface area (Å²) in [6, 6.07) is 16.1. The zero-order valence-corrected chi connectivity index (χ0v) is 22.1. The molecule has 3 rings (SSSR count). The maximum atomic E-state index is 13.7. The predicted octanol–water partition coefficient (Wildman–Crippen LogP) is 3.24. The summed E-state index contributed by atoms with van der Waals surface area (Å²) in [6.45, 7) is -0.391. The number of methoxy groups -OCH3 is 5. The molecule has 0 saturated carbocycles. The van der Waals surface area contributed by atoms with Crippen molar-refractivity contribution in [1.29, 1.82) is 0 Å². The van der Waals surface area contributed by atoms with Crippen molar-refractivity contribution in [1.82, 2.24) is 5.32 Å². The highest BCUT2D eigenvalue weighted by Crippen LogP contribution is 2.39. The van der Waals surface area contributed by atoms with E-state index in [0.717, 1.165) is 4.31 Å². The van der Waals surface area contributed by atoms with Crippen LogP contribution in [0.3, 0.4) is 0 Å². The number of carbonyl (C=O) groups is 1. The molecular weight excluding hydrogens is 500 g/mol. The normalized spacial score (nSPS) is 10.8. The van der Waals surface area contributed by atoms with Crippen LogP contribution < -0.4 is 33.3 Å². The van der Waals surface area contributed by atoms with Gasteiger partial charge in [-0.05, 0) is 36.4 Å². The van der Waals surface area contributed by atoms with Crippen LogP contribution in [0.15, 0.2) is 65.6 Å². The Kier molecular flexibility index (Phi) is 9.07. The van der Waals surface area contributed by atoms with E-state index in [4.69, 9.17) is 23.7 Å². The van der Waals surface area contributed by atoms with Crippen molar-refractivity contribution in [2.45, 2.75) is 11.4 Å². The van der Waals surface area contributed by atoms with Crippen LogP contribution in [0, 0.1) is 0 Å². The standard InChI is InChI=1S/C26H30N2O8S/c1-32-21-14-12-20(15-23(21)34-3)37(30,31)28(19-9-7-6-8-10-19)17-24(29)27-16-18-11-13-22(33-2)26(36-5)25(18)35-4/h6-15H,16-17H2,1-5H3,(H,27,29). The van der Waals surface area contributed by atoms with Gasteiger partial charge in [-0.15, -0.1) is 0 Å². The molecule has 0 saturated heterocycles. The summed E-state index contributed by atoms with van der Waals surface area (Å²) in [7, 11) is 3.20. The minimum absolute atomic E-state index is 0.0524. The lowest BCUT2D eigenvalue weighted by Gasteiger charge is -2.24. The zero-order valence-electron chi connectivity index (χ0n) is 21.3. The minimum atomic E-state index is -4.15. The molecule has 0 unspecified atom stereocenters. The van der Waals surface area contributed by atoms with Gasteiger partial charge in [-0.1, -0.05) is 18.2 Å². The number of anilines is 1. The number of amides is 1. The van der Waals surface area contributed by atoms with E-state index in [9.17, 15) is 13.2 Å². The van der Waals surface area contributed by atoms with Gasteiger partial charge in [0.25, 0.3) is 10.0 Å². The van der Waals surface area contributed by atoms with Gasteiger partial charge < -0.3 is 29.0 Å². The van der Waals surface area contributed by atoms with E-state index in [-0.39, 0.29) is 17.2 Å². The van der Waals surface area contributed by atoms with Crippen LogP contribution in [0.1, 0.15) is 5.56 Å². The average Bonchev–Trinajstić information content (AvgIpc) is 2.93. The quantitative estimate of drug-likeness (QED) is 0.380. The highest BCUT2D eigenvalue weighted by molar-refractivity contribution is 7.92. The molecule has 0 radical (unpaired) electrons. The molecule has 37 heavy (non-hydrogen) atoms. The Bertz CT molecular complexity index is 1330. The Labute approximate surface area is 216 Å². The largest absolute Gasteiger partial charge is 0.493 e. The fraction of sp³-hybridized carbons (Fsp3) is 0.269. The first-order valence-electron chi connectivity index (χ1n) is 11.1. The van der Waals surface area contributed by atoms with Gasteiger partial charge >= 0.3 is 0 Å². The number of benzene rings is 3. The second-order valence-electron chi connectivity index (χ2n) is 7.63. The summed E-state index contributed by atoms with van der Waals surface area (Å²) in [4.78, 5) is 13.0. The first-order valence-corrected chi connectivity index (χ1v) is 12.6. The number of rotatable bonds is 12. The van der Waals surface area contributed by atoms with Crippen LogP contribution in [0.5, 0.6) is 28.7 Å². The Hall–Kier alpha value is -4.12. The highest BCUT2D eigenvalue weighted by Gasteiger charge is 2.28. The van der Waals surface area contributed by atoms with Gasteiger partial charge in [0, 0.05) is 18.2 Å². The summed E-state index contributed by atoms with van der Waals surface area (Å²) >= 11 is 0. The van der Waals surface area contributed by atoms with Crippen molar-refractivity contribution in [2.24, 2.45) is 0 Å². The number of hydrogen-bond donors (Lipinski definition) is 1. The summed E-state index contributed by atoms with van der Waals surface area (Å²) < 4.78 is 55.0. The van der Waals surface area contributed by atoms with Crippen molar-refractivity contribution in [3.05, 3.63) is 66.2 Å². The second kappa shape index (κ2) is 12.2. The second-order valence-corrected chi connectivity index (χ2v) is 9.50. The molecule has 0 bridgehead atoms. The molecule has 0 aliphatic heterocycles. The van der Waals surface area contributed by atoms with Gasteiger partial charge in [-0.25, -0.2) is 8.42 Å². The van der Waals surface area contributed by atoms with Crippen LogP contribution >= 0.6 is 0 Å². The van der Waals surface area contributed by atoms with Crippen LogP contribution in [-0.2, 0) is 21.4 Å². The van der Waals surface area contributed by atoms with Crippen molar-refractivity contribution in [2.75, 3.05) is 46.4 Å². The molecule has 0 aliphatic carbocycles. The minimum Gasteiger partial charge on any atom is -0.493 e. The molecule has 0 heterocycles. The van der Waals surface area contributed by atoms with E-state index in [1.807, 2.05) is 0 Å². The van der Waals surface area contributed by atoms with Gasteiger partial charge in [-0.2, -0.15) is 0 Å². The van der Waals surface area contributed by atoms with E-state index < -0.39 is 22.5 Å². The Morgan fingerprint density at radius 2 is 1.38 bits per heavy atom. The maximum Gasteiger partial charge on any atom is 0.264 e. The molecule has 0 spiro atoms. The van der Waals surface area contributed by atoms with E-state index in [1.165, 1.54) is 53.7 Å². The molecule has 10 nitrogen and oxygen atoms in total. The molecule has 0 fully saturated rings. The molecule has 0 aliphatic rings. The lowest BCUT2D eigenvalue weighted by molar-refractivity contribution is -0.119. The number of ether oxygens (including phenoxy) is 5. The van der Waals surface area contributed by atoms with Gasteiger partial charge in [-0.3, -0.25) is 9.10 Å². The highest BCUT2D eigenvalue weighted by atomic mass is 32.2. The fourth-order valence-electron chi connectivity index (χ4n) is 3.70. The first-order chi connectivity index (χ1) is 17.8. The predicted molar refractivity (Wildman–Crippen MR) is 138 cm³/mol. The van der Waals surface area contributed by atoms with E-state index >= 15 is 0 Å². The number of hydrogen-bond acceptors (Lipinski definition) is 8. The molecule has 0 aromatic heterocycles. The van der Waals surface area contributed by atoms with Crippen molar-refractivity contribution in [3.8, 4) is 28.7 Å². The summed E-state index contributed by atoms with van der Waals surface area (Å²) in [5.41, 5.74) is 0.957. The fourth-order valence-corrected chi connectivity index (χ4v) is 5.13. The van der Waals surface area contributed by atoms with E-state index in [1.54, 1.807) is 42.5 Å². The van der Waals surface area contributed by atoms with Crippen LogP contribution in [0.2, 0.25) is 0 Å². The summed E-state index contributed by atoms with van der Waals surface area (Å²) in [6.07, 6.45) is 0. The SMILES string of the molecule is COc1ccc(S(=O)(=O)N(CC(=O)NCc2ccc(OC)c(OC)c2OC)c2ccccc2)cc1OC. The lowest BCUT2D eigenvalue weighted by Crippen LogP contribution is -2.40. The molecule has 1 amide bonds. The van der Waals surface area contributed by atoms with E-state index in [2.05, 4.69) is 5.32 Å². The van der Waals surface area contributed by atoms with Gasteiger partial charge in [0.2, 0.25) is 11.7 Å². The van der Waals surface area contributed by atoms with Crippen molar-refractivity contribution in [3.63, 3.8) is 0 Å².